The summed E-state index contributed by atoms with van der Waals surface area (Å²) in [5, 5.41) is 22.4. The van der Waals surface area contributed by atoms with Crippen molar-refractivity contribution >= 4 is 22.6 Å². The number of benzene rings is 2. The number of hydrogen-bond donors (Lipinski definition) is 2. The van der Waals surface area contributed by atoms with E-state index in [-0.39, 0.29) is 0 Å². The second-order valence-electron chi connectivity index (χ2n) is 11.7. The standard InChI is InChI=1S/C32H42N4O3/c1-3-33-13-15-34(16-14-33)29(37)21-35-17-18-36-28-20-24(32(38)39)10-12-25(28)30(23-7-5-4-6-8-23)31(36)26-11-9-22(2)19-27(26)35/h9-12,19-20,23,29,37H,3-8,13-18,21H2,1-2H3,(H,38,39). The Morgan fingerprint density at radius 3 is 2.46 bits per heavy atom. The van der Waals surface area contributed by atoms with Crippen LogP contribution in [0.15, 0.2) is 36.4 Å². The smallest absolute Gasteiger partial charge is 0.335 e. The molecule has 2 aromatic carbocycles. The van der Waals surface area contributed by atoms with Crippen LogP contribution in [0.1, 0.15) is 66.4 Å². The largest absolute Gasteiger partial charge is 0.478 e. The van der Waals surface area contributed by atoms with Gasteiger partial charge in [0.15, 0.2) is 0 Å². The van der Waals surface area contributed by atoms with Crippen LogP contribution in [-0.2, 0) is 6.54 Å². The van der Waals surface area contributed by atoms with Crippen molar-refractivity contribution in [2.24, 2.45) is 0 Å². The van der Waals surface area contributed by atoms with Gasteiger partial charge in [0.2, 0.25) is 0 Å². The van der Waals surface area contributed by atoms with Crippen molar-refractivity contribution in [2.75, 3.05) is 50.7 Å². The van der Waals surface area contributed by atoms with Crippen LogP contribution in [0, 0.1) is 6.92 Å². The summed E-state index contributed by atoms with van der Waals surface area (Å²) in [6.45, 7) is 11.2. The highest BCUT2D eigenvalue weighted by molar-refractivity contribution is 5.99. The lowest BCUT2D eigenvalue weighted by atomic mass is 9.81. The maximum Gasteiger partial charge on any atom is 0.335 e. The zero-order chi connectivity index (χ0) is 27.1. The summed E-state index contributed by atoms with van der Waals surface area (Å²) >= 11 is 0. The summed E-state index contributed by atoms with van der Waals surface area (Å²) in [5.41, 5.74) is 7.60. The number of aromatic nitrogens is 1. The summed E-state index contributed by atoms with van der Waals surface area (Å²) in [6, 6.07) is 12.4. The van der Waals surface area contributed by atoms with Crippen molar-refractivity contribution in [3.8, 4) is 11.3 Å². The molecule has 1 saturated carbocycles. The summed E-state index contributed by atoms with van der Waals surface area (Å²) in [6.07, 6.45) is 5.62. The van der Waals surface area contributed by atoms with Crippen molar-refractivity contribution in [1.82, 2.24) is 14.4 Å². The minimum atomic E-state index is -0.885. The number of aliphatic hydroxyl groups is 1. The molecule has 3 heterocycles. The van der Waals surface area contributed by atoms with E-state index >= 15 is 0 Å². The van der Waals surface area contributed by atoms with Crippen molar-refractivity contribution in [1.29, 1.82) is 0 Å². The van der Waals surface area contributed by atoms with E-state index in [1.54, 1.807) is 6.07 Å². The molecule has 0 bridgehead atoms. The number of rotatable bonds is 6. The Hall–Kier alpha value is -2.87. The van der Waals surface area contributed by atoms with Gasteiger partial charge in [0.05, 0.1) is 17.8 Å². The second-order valence-corrected chi connectivity index (χ2v) is 11.7. The number of fused-ring (bicyclic) bond motifs is 5. The van der Waals surface area contributed by atoms with Crippen molar-refractivity contribution in [2.45, 2.75) is 64.6 Å². The van der Waals surface area contributed by atoms with Crippen molar-refractivity contribution in [3.05, 3.63) is 53.1 Å². The molecule has 0 amide bonds. The number of aromatic carboxylic acids is 1. The molecule has 1 aromatic heterocycles. The molecule has 3 aliphatic rings. The fourth-order valence-electron chi connectivity index (χ4n) is 7.16. The van der Waals surface area contributed by atoms with E-state index in [1.165, 1.54) is 65.6 Å². The Balaban J connectivity index is 1.43. The van der Waals surface area contributed by atoms with Crippen molar-refractivity contribution in [3.63, 3.8) is 0 Å². The van der Waals surface area contributed by atoms with E-state index in [0.29, 0.717) is 18.0 Å². The normalized spacial score (nSPS) is 20.0. The quantitative estimate of drug-likeness (QED) is 0.460. The first-order valence-corrected chi connectivity index (χ1v) is 14.8. The fraction of sp³-hybridized carbons (Fsp3) is 0.531. The van der Waals surface area contributed by atoms with Gasteiger partial charge in [-0.1, -0.05) is 44.4 Å². The number of anilines is 1. The number of carbonyl (C=O) groups is 1. The summed E-state index contributed by atoms with van der Waals surface area (Å²) < 4.78 is 2.38. The number of carboxylic acid groups (broad SMARTS) is 1. The van der Waals surface area contributed by atoms with Gasteiger partial charge in [-0.25, -0.2) is 4.79 Å². The molecule has 208 valence electrons. The minimum absolute atomic E-state index is 0.338. The molecule has 0 spiro atoms. The number of likely N-dealkylation sites (N-methyl/N-ethyl adjacent to an activating group) is 1. The Morgan fingerprint density at radius 1 is 0.974 bits per heavy atom. The SMILES string of the molecule is CCN1CCN(C(O)CN2CCn3c(c(C4CCCCC4)c4ccc(C(=O)O)cc43)-c3ccc(C)cc32)CC1. The molecular formula is C32H42N4O3. The summed E-state index contributed by atoms with van der Waals surface area (Å²) in [4.78, 5) is 19.0. The van der Waals surface area contributed by atoms with E-state index in [0.717, 1.165) is 51.3 Å². The highest BCUT2D eigenvalue weighted by atomic mass is 16.4. The third-order valence-electron chi connectivity index (χ3n) is 9.37. The number of hydrogen-bond acceptors (Lipinski definition) is 5. The first-order chi connectivity index (χ1) is 18.9. The van der Waals surface area contributed by atoms with Gasteiger partial charge in [0.1, 0.15) is 6.23 Å². The summed E-state index contributed by atoms with van der Waals surface area (Å²) in [5.74, 6) is -0.404. The lowest BCUT2D eigenvalue weighted by molar-refractivity contribution is -0.0190. The summed E-state index contributed by atoms with van der Waals surface area (Å²) in [7, 11) is 0. The number of aliphatic hydroxyl groups excluding tert-OH is 1. The Morgan fingerprint density at radius 2 is 1.74 bits per heavy atom. The number of nitrogens with zero attached hydrogens (tertiary/aromatic N) is 4. The molecule has 2 fully saturated rings. The zero-order valence-electron chi connectivity index (χ0n) is 23.4. The van der Waals surface area contributed by atoms with Gasteiger partial charge in [-0.05, 0) is 61.6 Å². The van der Waals surface area contributed by atoms with Gasteiger partial charge in [-0.2, -0.15) is 0 Å². The maximum absolute atomic E-state index is 11.9. The monoisotopic (exact) mass is 530 g/mol. The molecule has 1 aliphatic carbocycles. The lowest BCUT2D eigenvalue weighted by Crippen LogP contribution is -2.53. The Kier molecular flexibility index (Phi) is 7.40. The Bertz CT molecular complexity index is 1350. The van der Waals surface area contributed by atoms with E-state index in [2.05, 4.69) is 57.4 Å². The molecule has 2 N–H and O–H groups in total. The molecule has 3 aromatic rings. The number of piperazine rings is 1. The predicted molar refractivity (Wildman–Crippen MR) is 157 cm³/mol. The molecule has 1 unspecified atom stereocenters. The van der Waals surface area contributed by atoms with E-state index in [4.69, 9.17) is 0 Å². The highest BCUT2D eigenvalue weighted by Crippen LogP contribution is 2.47. The maximum atomic E-state index is 11.9. The lowest BCUT2D eigenvalue weighted by Gasteiger charge is -2.39. The number of carboxylic acids is 1. The van der Waals surface area contributed by atoms with Crippen LogP contribution in [0.4, 0.5) is 5.69 Å². The molecule has 2 aliphatic heterocycles. The van der Waals surface area contributed by atoms with Crippen LogP contribution < -0.4 is 4.90 Å². The van der Waals surface area contributed by atoms with Crippen LogP contribution in [-0.4, -0.2) is 82.6 Å². The molecule has 39 heavy (non-hydrogen) atoms. The molecule has 7 nitrogen and oxygen atoms in total. The minimum Gasteiger partial charge on any atom is -0.478 e. The van der Waals surface area contributed by atoms with Crippen molar-refractivity contribution < 1.29 is 15.0 Å². The van der Waals surface area contributed by atoms with Crippen LogP contribution in [0.5, 0.6) is 0 Å². The van der Waals surface area contributed by atoms with Gasteiger partial charge in [0, 0.05) is 61.4 Å². The molecule has 7 heteroatoms. The van der Waals surface area contributed by atoms with Gasteiger partial charge >= 0.3 is 5.97 Å². The molecule has 1 saturated heterocycles. The van der Waals surface area contributed by atoms with E-state index in [1.807, 2.05) is 6.07 Å². The van der Waals surface area contributed by atoms with E-state index in [9.17, 15) is 15.0 Å². The number of aryl methyl sites for hydroxylation is 1. The van der Waals surface area contributed by atoms with Gasteiger partial charge in [-0.15, -0.1) is 0 Å². The molecule has 0 radical (unpaired) electrons. The third kappa shape index (κ3) is 4.96. The highest BCUT2D eigenvalue weighted by Gasteiger charge is 2.32. The van der Waals surface area contributed by atoms with Gasteiger partial charge in [-0.3, -0.25) is 4.90 Å². The first kappa shape index (κ1) is 26.4. The van der Waals surface area contributed by atoms with Crippen LogP contribution >= 0.6 is 0 Å². The zero-order valence-corrected chi connectivity index (χ0v) is 23.4. The van der Waals surface area contributed by atoms with E-state index < -0.39 is 12.2 Å². The average Bonchev–Trinajstić information content (AvgIpc) is 3.20. The molecule has 1 atom stereocenters. The topological polar surface area (TPSA) is 72.2 Å². The second kappa shape index (κ2) is 11.0. The van der Waals surface area contributed by atoms with Crippen LogP contribution in [0.3, 0.4) is 0 Å². The van der Waals surface area contributed by atoms with Gasteiger partial charge in [0.25, 0.3) is 0 Å². The first-order valence-electron chi connectivity index (χ1n) is 14.8. The van der Waals surface area contributed by atoms with Crippen LogP contribution in [0.25, 0.3) is 22.2 Å². The molecule has 6 rings (SSSR count). The molecular weight excluding hydrogens is 488 g/mol. The average molecular weight is 531 g/mol. The predicted octanol–water partition coefficient (Wildman–Crippen LogP) is 5.14. The number of β-amino-alcohol motifs (C(OH)–C–C–N with tert-alkyl or cyclic N) is 1. The van der Waals surface area contributed by atoms with Gasteiger partial charge < -0.3 is 24.6 Å². The third-order valence-corrected chi connectivity index (χ3v) is 9.37. The van der Waals surface area contributed by atoms with Crippen LogP contribution in [0.2, 0.25) is 0 Å². The fourth-order valence-corrected chi connectivity index (χ4v) is 7.16. The Labute approximate surface area is 231 Å².